The van der Waals surface area contributed by atoms with Crippen LogP contribution in [0.25, 0.3) is 0 Å². The lowest BCUT2D eigenvalue weighted by molar-refractivity contribution is 0.185. The number of sulfonamides is 1. The summed E-state index contributed by atoms with van der Waals surface area (Å²) in [5.74, 6) is 0.276. The minimum Gasteiger partial charge on any atom is -0.383 e. The maximum Gasteiger partial charge on any atom is 0.244 e. The second-order valence-electron chi connectivity index (χ2n) is 4.18. The number of ether oxygens (including phenoxy) is 1. The Morgan fingerprint density at radius 2 is 2.05 bits per heavy atom. The summed E-state index contributed by atoms with van der Waals surface area (Å²) in [6.45, 7) is 2.49. The number of hydrogen-bond donors (Lipinski definition) is 0. The zero-order chi connectivity index (χ0) is 14.6. The average molecular weight is 371 g/mol. The van der Waals surface area contributed by atoms with Crippen molar-refractivity contribution in [2.24, 2.45) is 0 Å². The van der Waals surface area contributed by atoms with E-state index in [0.717, 1.165) is 11.1 Å². The molecule has 0 heterocycles. The molecule has 0 N–H and O–H groups in total. The Labute approximate surface area is 127 Å². The Morgan fingerprint density at radius 1 is 1.42 bits per heavy atom. The first-order valence-electron chi connectivity index (χ1n) is 5.64. The summed E-state index contributed by atoms with van der Waals surface area (Å²) in [5, 5.41) is 0. The van der Waals surface area contributed by atoms with Crippen molar-refractivity contribution in [2.45, 2.75) is 17.7 Å². The van der Waals surface area contributed by atoms with Crippen LogP contribution in [0.15, 0.2) is 21.5 Å². The third-order valence-corrected chi connectivity index (χ3v) is 6.24. The van der Waals surface area contributed by atoms with Gasteiger partial charge in [-0.15, -0.1) is 11.6 Å². The molecule has 108 valence electrons. The van der Waals surface area contributed by atoms with E-state index in [4.69, 9.17) is 16.3 Å². The van der Waals surface area contributed by atoms with Gasteiger partial charge in [0.1, 0.15) is 0 Å². The van der Waals surface area contributed by atoms with E-state index in [0.29, 0.717) is 17.6 Å². The second kappa shape index (κ2) is 7.04. The molecule has 0 aromatic heterocycles. The van der Waals surface area contributed by atoms with Crippen LogP contribution in [0, 0.1) is 6.92 Å². The third-order valence-electron chi connectivity index (χ3n) is 2.73. The Bertz CT molecular complexity index is 548. The molecule has 4 nitrogen and oxygen atoms in total. The van der Waals surface area contributed by atoms with Crippen LogP contribution in [-0.2, 0) is 20.6 Å². The number of halogens is 2. The van der Waals surface area contributed by atoms with E-state index >= 15 is 0 Å². The van der Waals surface area contributed by atoms with E-state index < -0.39 is 10.0 Å². The molecule has 0 fully saturated rings. The van der Waals surface area contributed by atoms with Crippen LogP contribution in [0.3, 0.4) is 0 Å². The monoisotopic (exact) mass is 369 g/mol. The van der Waals surface area contributed by atoms with Crippen LogP contribution < -0.4 is 0 Å². The van der Waals surface area contributed by atoms with Crippen LogP contribution in [-0.4, -0.2) is 40.0 Å². The molecule has 0 saturated carbocycles. The van der Waals surface area contributed by atoms with Crippen LogP contribution >= 0.6 is 27.5 Å². The molecule has 19 heavy (non-hydrogen) atoms. The largest absolute Gasteiger partial charge is 0.383 e. The number of nitrogens with zero attached hydrogens (tertiary/aromatic N) is 1. The molecule has 0 unspecified atom stereocenters. The van der Waals surface area contributed by atoms with Gasteiger partial charge < -0.3 is 4.74 Å². The van der Waals surface area contributed by atoms with Gasteiger partial charge in [0, 0.05) is 31.1 Å². The number of methoxy groups -OCH3 is 1. The predicted octanol–water partition coefficient (Wildman–Crippen LogP) is 2.76. The molecule has 0 aliphatic rings. The molecule has 0 aliphatic carbocycles. The van der Waals surface area contributed by atoms with Gasteiger partial charge in [0.25, 0.3) is 0 Å². The third kappa shape index (κ3) is 3.92. The number of aryl methyl sites for hydroxylation is 1. The highest BCUT2D eigenvalue weighted by Crippen LogP contribution is 2.29. The standard InChI is InChI=1S/C12H17BrClNO3S/c1-9-6-10(8-14)7-11(12(9)13)19(16,17)15(2)4-5-18-3/h6-7H,4-5,8H2,1-3H3. The Balaban J connectivity index is 3.24. The molecule has 1 aromatic rings. The normalized spacial score (nSPS) is 12.1. The highest BCUT2D eigenvalue weighted by molar-refractivity contribution is 9.10. The minimum absolute atomic E-state index is 0.238. The zero-order valence-electron chi connectivity index (χ0n) is 11.1. The van der Waals surface area contributed by atoms with Crippen molar-refractivity contribution in [1.29, 1.82) is 0 Å². The zero-order valence-corrected chi connectivity index (χ0v) is 14.3. The van der Waals surface area contributed by atoms with E-state index in [2.05, 4.69) is 15.9 Å². The first kappa shape index (κ1) is 16.9. The van der Waals surface area contributed by atoms with Gasteiger partial charge >= 0.3 is 0 Å². The molecule has 0 amide bonds. The lowest BCUT2D eigenvalue weighted by atomic mass is 10.2. The average Bonchev–Trinajstić information content (AvgIpc) is 2.38. The molecule has 0 aliphatic heterocycles. The fourth-order valence-electron chi connectivity index (χ4n) is 1.58. The molecule has 0 atom stereocenters. The molecule has 7 heteroatoms. The molecule has 1 aromatic carbocycles. The fraction of sp³-hybridized carbons (Fsp3) is 0.500. The maximum atomic E-state index is 12.5. The van der Waals surface area contributed by atoms with E-state index in [-0.39, 0.29) is 10.8 Å². The summed E-state index contributed by atoms with van der Waals surface area (Å²) in [5.41, 5.74) is 1.62. The van der Waals surface area contributed by atoms with Crippen molar-refractivity contribution in [3.8, 4) is 0 Å². The number of hydrogen-bond acceptors (Lipinski definition) is 3. The Kier molecular flexibility index (Phi) is 6.26. The lowest BCUT2D eigenvalue weighted by Gasteiger charge is -2.19. The van der Waals surface area contributed by atoms with Crippen LogP contribution in [0.1, 0.15) is 11.1 Å². The second-order valence-corrected chi connectivity index (χ2v) is 7.25. The minimum atomic E-state index is -3.55. The van der Waals surface area contributed by atoms with Crippen molar-refractivity contribution in [3.05, 3.63) is 27.7 Å². The highest BCUT2D eigenvalue weighted by Gasteiger charge is 2.24. The van der Waals surface area contributed by atoms with Crippen molar-refractivity contribution < 1.29 is 13.2 Å². The predicted molar refractivity (Wildman–Crippen MR) is 80.1 cm³/mol. The first-order valence-corrected chi connectivity index (χ1v) is 8.41. The van der Waals surface area contributed by atoms with Gasteiger partial charge in [0.05, 0.1) is 11.5 Å². The summed E-state index contributed by atoms with van der Waals surface area (Å²) in [6.07, 6.45) is 0. The van der Waals surface area contributed by atoms with Gasteiger partial charge in [-0.3, -0.25) is 0 Å². The lowest BCUT2D eigenvalue weighted by Crippen LogP contribution is -2.30. The topological polar surface area (TPSA) is 46.6 Å². The van der Waals surface area contributed by atoms with Crippen LogP contribution in [0.5, 0.6) is 0 Å². The fourth-order valence-corrected chi connectivity index (χ4v) is 3.92. The molecular formula is C12H17BrClNO3S. The molecule has 0 spiro atoms. The molecule has 0 bridgehead atoms. The number of rotatable bonds is 6. The number of likely N-dealkylation sites (N-methyl/N-ethyl adjacent to an activating group) is 1. The summed E-state index contributed by atoms with van der Waals surface area (Å²) in [4.78, 5) is 0.238. The maximum absolute atomic E-state index is 12.5. The van der Waals surface area contributed by atoms with Gasteiger partial charge in [-0.2, -0.15) is 4.31 Å². The van der Waals surface area contributed by atoms with Crippen LogP contribution in [0.4, 0.5) is 0 Å². The van der Waals surface area contributed by atoms with Gasteiger partial charge in [-0.1, -0.05) is 6.07 Å². The molecule has 1 rings (SSSR count). The summed E-state index contributed by atoms with van der Waals surface area (Å²) in [7, 11) is -0.482. The Hall–Kier alpha value is -0.140. The van der Waals surface area contributed by atoms with E-state index in [1.165, 1.54) is 18.5 Å². The van der Waals surface area contributed by atoms with E-state index in [1.807, 2.05) is 13.0 Å². The van der Waals surface area contributed by atoms with Crippen molar-refractivity contribution >= 4 is 37.6 Å². The van der Waals surface area contributed by atoms with Gasteiger partial charge in [-0.25, -0.2) is 8.42 Å². The SMILES string of the molecule is COCCN(C)S(=O)(=O)c1cc(CCl)cc(C)c1Br. The summed E-state index contributed by atoms with van der Waals surface area (Å²) >= 11 is 9.13. The first-order chi connectivity index (χ1) is 8.84. The number of alkyl halides is 1. The Morgan fingerprint density at radius 3 is 2.58 bits per heavy atom. The number of benzene rings is 1. The molecular weight excluding hydrogens is 354 g/mol. The van der Waals surface area contributed by atoms with E-state index in [1.54, 1.807) is 6.07 Å². The smallest absolute Gasteiger partial charge is 0.244 e. The summed E-state index contributed by atoms with van der Waals surface area (Å²) < 4.78 is 31.7. The van der Waals surface area contributed by atoms with Crippen molar-refractivity contribution in [2.75, 3.05) is 27.3 Å². The van der Waals surface area contributed by atoms with Gasteiger partial charge in [0.15, 0.2) is 0 Å². The molecule has 0 saturated heterocycles. The van der Waals surface area contributed by atoms with Gasteiger partial charge in [0.2, 0.25) is 10.0 Å². The summed E-state index contributed by atoms with van der Waals surface area (Å²) in [6, 6.07) is 3.47. The van der Waals surface area contributed by atoms with Gasteiger partial charge in [-0.05, 0) is 40.0 Å². The van der Waals surface area contributed by atoms with Crippen LogP contribution in [0.2, 0.25) is 0 Å². The van der Waals surface area contributed by atoms with E-state index in [9.17, 15) is 8.42 Å². The quantitative estimate of drug-likeness (QED) is 0.723. The highest BCUT2D eigenvalue weighted by atomic mass is 79.9. The van der Waals surface area contributed by atoms with Crippen molar-refractivity contribution in [1.82, 2.24) is 4.31 Å². The van der Waals surface area contributed by atoms with Crippen molar-refractivity contribution in [3.63, 3.8) is 0 Å². The molecule has 0 radical (unpaired) electrons.